The third kappa shape index (κ3) is 3.79. The molecule has 0 spiro atoms. The zero-order valence-corrected chi connectivity index (χ0v) is 12.1. The van der Waals surface area contributed by atoms with Crippen LogP contribution in [-0.4, -0.2) is 18.2 Å². The molecule has 2 nitrogen and oxygen atoms in total. The Morgan fingerprint density at radius 1 is 1.20 bits per heavy atom. The number of ether oxygens (including phenoxy) is 1. The van der Waals surface area contributed by atoms with Gasteiger partial charge in [0.25, 0.3) is 0 Å². The second kappa shape index (κ2) is 5.82. The van der Waals surface area contributed by atoms with Gasteiger partial charge in [0.15, 0.2) is 0 Å². The Hall–Kier alpha value is -0.940. The van der Waals surface area contributed by atoms with Gasteiger partial charge in [-0.1, -0.05) is 11.6 Å². The van der Waals surface area contributed by atoms with Crippen LogP contribution in [0.4, 0.5) is 18.9 Å². The van der Waals surface area contributed by atoms with Gasteiger partial charge >= 0.3 is 6.18 Å². The standard InChI is InChI=1S/C14H17ClF3NO/c1-8-5-11(6-9(2)20-8)19-13-4-3-10(15)7-12(13)14(16,17)18/h3-4,7-9,11,19H,5-6H2,1-2H3. The summed E-state index contributed by atoms with van der Waals surface area (Å²) in [6, 6.07) is 3.77. The van der Waals surface area contributed by atoms with E-state index in [9.17, 15) is 13.2 Å². The minimum Gasteiger partial charge on any atom is -0.382 e. The summed E-state index contributed by atoms with van der Waals surface area (Å²) in [5, 5.41) is 3.07. The third-order valence-electron chi connectivity index (χ3n) is 3.34. The molecule has 0 radical (unpaired) electrons. The molecule has 112 valence electrons. The maximum absolute atomic E-state index is 13.0. The van der Waals surface area contributed by atoms with Crippen LogP contribution in [0, 0.1) is 0 Å². The van der Waals surface area contributed by atoms with E-state index in [0.717, 1.165) is 6.07 Å². The highest BCUT2D eigenvalue weighted by atomic mass is 35.5. The molecule has 1 fully saturated rings. The lowest BCUT2D eigenvalue weighted by Crippen LogP contribution is -2.37. The van der Waals surface area contributed by atoms with Crippen molar-refractivity contribution >= 4 is 17.3 Å². The van der Waals surface area contributed by atoms with E-state index in [1.54, 1.807) is 0 Å². The van der Waals surface area contributed by atoms with Crippen molar-refractivity contribution < 1.29 is 17.9 Å². The van der Waals surface area contributed by atoms with E-state index in [1.165, 1.54) is 12.1 Å². The summed E-state index contributed by atoms with van der Waals surface area (Å²) < 4.78 is 44.6. The van der Waals surface area contributed by atoms with E-state index in [0.29, 0.717) is 12.8 Å². The molecule has 0 aromatic heterocycles. The average molecular weight is 308 g/mol. The van der Waals surface area contributed by atoms with E-state index in [2.05, 4.69) is 5.32 Å². The lowest BCUT2D eigenvalue weighted by atomic mass is 9.99. The van der Waals surface area contributed by atoms with Gasteiger partial charge in [-0.05, 0) is 44.9 Å². The van der Waals surface area contributed by atoms with Crippen LogP contribution in [0.25, 0.3) is 0 Å². The Kier molecular flexibility index (Phi) is 4.49. The van der Waals surface area contributed by atoms with Crippen LogP contribution >= 0.6 is 11.6 Å². The molecule has 6 heteroatoms. The molecule has 1 aromatic carbocycles. The molecule has 1 aromatic rings. The monoisotopic (exact) mass is 307 g/mol. The summed E-state index contributed by atoms with van der Waals surface area (Å²) in [7, 11) is 0. The lowest BCUT2D eigenvalue weighted by molar-refractivity contribution is -0.137. The Balaban J connectivity index is 2.21. The third-order valence-corrected chi connectivity index (χ3v) is 3.58. The highest BCUT2D eigenvalue weighted by molar-refractivity contribution is 6.30. The van der Waals surface area contributed by atoms with Crippen LogP contribution in [0.1, 0.15) is 32.3 Å². The van der Waals surface area contributed by atoms with Crippen LogP contribution in [-0.2, 0) is 10.9 Å². The van der Waals surface area contributed by atoms with Gasteiger partial charge in [-0.2, -0.15) is 13.2 Å². The molecule has 1 heterocycles. The number of hydrogen-bond donors (Lipinski definition) is 1. The van der Waals surface area contributed by atoms with Crippen molar-refractivity contribution in [1.29, 1.82) is 0 Å². The molecular weight excluding hydrogens is 291 g/mol. The number of nitrogens with one attached hydrogen (secondary N) is 1. The van der Waals surface area contributed by atoms with E-state index in [-0.39, 0.29) is 29.0 Å². The van der Waals surface area contributed by atoms with Gasteiger partial charge in [0.2, 0.25) is 0 Å². The highest BCUT2D eigenvalue weighted by Gasteiger charge is 2.35. The first-order valence-electron chi connectivity index (χ1n) is 6.54. The van der Waals surface area contributed by atoms with Crippen molar-refractivity contribution in [2.45, 2.75) is 51.1 Å². The quantitative estimate of drug-likeness (QED) is 0.853. The van der Waals surface area contributed by atoms with Crippen LogP contribution in [0.3, 0.4) is 0 Å². The van der Waals surface area contributed by atoms with Crippen LogP contribution in [0.2, 0.25) is 5.02 Å². The second-order valence-electron chi connectivity index (χ2n) is 5.26. The smallest absolute Gasteiger partial charge is 0.382 e. The largest absolute Gasteiger partial charge is 0.418 e. The molecule has 0 saturated carbocycles. The maximum Gasteiger partial charge on any atom is 0.418 e. The number of hydrogen-bond acceptors (Lipinski definition) is 2. The van der Waals surface area contributed by atoms with Gasteiger partial charge in [0.05, 0.1) is 17.8 Å². The van der Waals surface area contributed by atoms with Crippen molar-refractivity contribution in [2.75, 3.05) is 5.32 Å². The predicted octanol–water partition coefficient (Wildman–Crippen LogP) is 4.73. The summed E-state index contributed by atoms with van der Waals surface area (Å²) in [5.41, 5.74) is -0.648. The van der Waals surface area contributed by atoms with Gasteiger partial charge in [-0.3, -0.25) is 0 Å². The number of alkyl halides is 3. The maximum atomic E-state index is 13.0. The average Bonchev–Trinajstić information content (AvgIpc) is 2.28. The lowest BCUT2D eigenvalue weighted by Gasteiger charge is -2.33. The van der Waals surface area contributed by atoms with E-state index in [4.69, 9.17) is 16.3 Å². The first-order chi connectivity index (χ1) is 9.25. The van der Waals surface area contributed by atoms with Crippen molar-refractivity contribution in [3.8, 4) is 0 Å². The van der Waals surface area contributed by atoms with Crippen LogP contribution in [0.15, 0.2) is 18.2 Å². The fourth-order valence-electron chi connectivity index (χ4n) is 2.62. The minimum atomic E-state index is -4.42. The normalized spacial score (nSPS) is 27.4. The van der Waals surface area contributed by atoms with Crippen LogP contribution < -0.4 is 5.32 Å². The molecule has 0 aliphatic carbocycles. The molecule has 20 heavy (non-hydrogen) atoms. The summed E-state index contributed by atoms with van der Waals surface area (Å²) in [5.74, 6) is 0. The van der Waals surface area contributed by atoms with Gasteiger partial charge < -0.3 is 10.1 Å². The number of halogens is 4. The van der Waals surface area contributed by atoms with E-state index >= 15 is 0 Å². The van der Waals surface area contributed by atoms with Gasteiger partial charge in [0.1, 0.15) is 0 Å². The summed E-state index contributed by atoms with van der Waals surface area (Å²) in [6.07, 6.45) is -2.97. The Morgan fingerprint density at radius 2 is 1.80 bits per heavy atom. The fraction of sp³-hybridized carbons (Fsp3) is 0.571. The number of benzene rings is 1. The highest BCUT2D eigenvalue weighted by Crippen LogP contribution is 2.37. The molecule has 2 rings (SSSR count). The SMILES string of the molecule is CC1CC(Nc2ccc(Cl)cc2C(F)(F)F)CC(C)O1. The Bertz CT molecular complexity index is 468. The topological polar surface area (TPSA) is 21.3 Å². The molecular formula is C14H17ClF3NO. The fourth-order valence-corrected chi connectivity index (χ4v) is 2.79. The van der Waals surface area contributed by atoms with E-state index in [1.807, 2.05) is 13.8 Å². The molecule has 2 atom stereocenters. The Morgan fingerprint density at radius 3 is 2.35 bits per heavy atom. The number of rotatable bonds is 2. The minimum absolute atomic E-state index is 0.0315. The van der Waals surface area contributed by atoms with Gasteiger partial charge in [0, 0.05) is 16.8 Å². The Labute approximate surface area is 121 Å². The number of anilines is 1. The summed E-state index contributed by atoms with van der Waals surface area (Å²) in [6.45, 7) is 3.85. The molecule has 1 N–H and O–H groups in total. The summed E-state index contributed by atoms with van der Waals surface area (Å²) >= 11 is 5.66. The van der Waals surface area contributed by atoms with Gasteiger partial charge in [-0.25, -0.2) is 0 Å². The predicted molar refractivity (Wildman–Crippen MR) is 73.1 cm³/mol. The first kappa shape index (κ1) is 15.4. The van der Waals surface area contributed by atoms with Crippen molar-refractivity contribution in [1.82, 2.24) is 0 Å². The molecule has 1 saturated heterocycles. The molecule has 1 aliphatic rings. The summed E-state index contributed by atoms with van der Waals surface area (Å²) in [4.78, 5) is 0. The second-order valence-corrected chi connectivity index (χ2v) is 5.69. The molecule has 2 unspecified atom stereocenters. The van der Waals surface area contributed by atoms with Crippen LogP contribution in [0.5, 0.6) is 0 Å². The zero-order valence-electron chi connectivity index (χ0n) is 11.3. The van der Waals surface area contributed by atoms with Gasteiger partial charge in [-0.15, -0.1) is 0 Å². The van der Waals surface area contributed by atoms with E-state index < -0.39 is 11.7 Å². The zero-order chi connectivity index (χ0) is 14.9. The van der Waals surface area contributed by atoms with Crippen molar-refractivity contribution in [3.63, 3.8) is 0 Å². The van der Waals surface area contributed by atoms with Crippen molar-refractivity contribution in [2.24, 2.45) is 0 Å². The molecule has 1 aliphatic heterocycles. The van der Waals surface area contributed by atoms with Crippen molar-refractivity contribution in [3.05, 3.63) is 28.8 Å². The molecule has 0 bridgehead atoms. The first-order valence-corrected chi connectivity index (χ1v) is 6.92. The molecule has 0 amide bonds.